The number of aryl methyl sites for hydroxylation is 1. The van der Waals surface area contributed by atoms with Gasteiger partial charge in [-0.2, -0.15) is 4.98 Å². The summed E-state index contributed by atoms with van der Waals surface area (Å²) in [5.41, 5.74) is 1.11. The van der Waals surface area contributed by atoms with Crippen LogP contribution in [0.15, 0.2) is 28.8 Å². The van der Waals surface area contributed by atoms with Gasteiger partial charge >= 0.3 is 0 Å². The molecule has 1 atom stereocenters. The highest BCUT2D eigenvalue weighted by atomic mass is 32.1. The summed E-state index contributed by atoms with van der Waals surface area (Å²) in [6.45, 7) is 5.66. The average Bonchev–Trinajstić information content (AvgIpc) is 3.27. The summed E-state index contributed by atoms with van der Waals surface area (Å²) in [6, 6.07) is 8.88. The van der Waals surface area contributed by atoms with E-state index in [2.05, 4.69) is 45.2 Å². The van der Waals surface area contributed by atoms with Gasteiger partial charge in [0.2, 0.25) is 5.89 Å². The van der Waals surface area contributed by atoms with E-state index < -0.39 is 0 Å². The van der Waals surface area contributed by atoms with Crippen molar-refractivity contribution in [1.82, 2.24) is 24.9 Å². The molecule has 4 rings (SSSR count). The molecule has 3 heterocycles. The maximum absolute atomic E-state index is 5.05. The van der Waals surface area contributed by atoms with E-state index in [0.29, 0.717) is 11.9 Å². The lowest BCUT2D eigenvalue weighted by Crippen LogP contribution is -2.34. The summed E-state index contributed by atoms with van der Waals surface area (Å²) in [4.78, 5) is 13.8. The molecule has 7 heteroatoms. The predicted octanol–water partition coefficient (Wildman–Crippen LogP) is 2.69. The molecule has 0 N–H and O–H groups in total. The van der Waals surface area contributed by atoms with Crippen LogP contribution in [0.2, 0.25) is 0 Å². The first kappa shape index (κ1) is 15.7. The fourth-order valence-electron chi connectivity index (χ4n) is 3.25. The third-order valence-electron chi connectivity index (χ3n) is 4.53. The number of hydrogen-bond acceptors (Lipinski definition) is 7. The van der Waals surface area contributed by atoms with Crippen LogP contribution >= 0.6 is 11.3 Å². The Morgan fingerprint density at radius 3 is 3.00 bits per heavy atom. The topological polar surface area (TPSA) is 58.3 Å². The Balaban J connectivity index is 1.35. The standard InChI is InChI=1S/C17H21N5OS/c1-12-18-16(20-23-12)10-21(2)13-7-8-22(9-13)11-17-19-14-5-3-4-6-15(14)24-17/h3-6,13H,7-11H2,1-2H3/t13-/m1/s1. The van der Waals surface area contributed by atoms with Gasteiger partial charge in [0.15, 0.2) is 5.82 Å². The molecular formula is C17H21N5OS. The quantitative estimate of drug-likeness (QED) is 0.710. The molecule has 1 aromatic carbocycles. The van der Waals surface area contributed by atoms with Crippen LogP contribution in [0.3, 0.4) is 0 Å². The van der Waals surface area contributed by atoms with Crippen LogP contribution in [0.25, 0.3) is 10.2 Å². The van der Waals surface area contributed by atoms with Crippen molar-refractivity contribution < 1.29 is 4.52 Å². The van der Waals surface area contributed by atoms with Crippen molar-refractivity contribution in [2.75, 3.05) is 20.1 Å². The van der Waals surface area contributed by atoms with Crippen molar-refractivity contribution in [3.05, 3.63) is 41.0 Å². The third-order valence-corrected chi connectivity index (χ3v) is 5.55. The number of nitrogens with zero attached hydrogens (tertiary/aromatic N) is 5. The van der Waals surface area contributed by atoms with E-state index in [1.54, 1.807) is 11.3 Å². The zero-order valence-electron chi connectivity index (χ0n) is 14.0. The highest BCUT2D eigenvalue weighted by molar-refractivity contribution is 7.18. The predicted molar refractivity (Wildman–Crippen MR) is 93.8 cm³/mol. The van der Waals surface area contributed by atoms with Gasteiger partial charge in [-0.05, 0) is 25.6 Å². The Morgan fingerprint density at radius 2 is 2.21 bits per heavy atom. The van der Waals surface area contributed by atoms with Gasteiger partial charge in [0.1, 0.15) is 5.01 Å². The van der Waals surface area contributed by atoms with Crippen molar-refractivity contribution in [3.8, 4) is 0 Å². The van der Waals surface area contributed by atoms with E-state index in [1.165, 1.54) is 9.71 Å². The van der Waals surface area contributed by atoms with Crippen LogP contribution in [0.1, 0.15) is 23.1 Å². The van der Waals surface area contributed by atoms with Crippen molar-refractivity contribution in [2.24, 2.45) is 0 Å². The molecule has 6 nitrogen and oxygen atoms in total. The normalized spacial score (nSPS) is 18.9. The lowest BCUT2D eigenvalue weighted by Gasteiger charge is -2.23. The van der Waals surface area contributed by atoms with Crippen LogP contribution in [-0.4, -0.2) is 51.1 Å². The van der Waals surface area contributed by atoms with Gasteiger partial charge < -0.3 is 4.52 Å². The monoisotopic (exact) mass is 343 g/mol. The van der Waals surface area contributed by atoms with Crippen molar-refractivity contribution >= 4 is 21.6 Å². The van der Waals surface area contributed by atoms with Gasteiger partial charge in [-0.1, -0.05) is 17.3 Å². The van der Waals surface area contributed by atoms with E-state index in [9.17, 15) is 0 Å². The number of likely N-dealkylation sites (N-methyl/N-ethyl adjacent to an activating group) is 1. The highest BCUT2D eigenvalue weighted by Crippen LogP contribution is 2.24. The molecule has 0 aliphatic carbocycles. The van der Waals surface area contributed by atoms with Gasteiger partial charge in [-0.25, -0.2) is 4.98 Å². The molecule has 1 saturated heterocycles. The Hall–Kier alpha value is -1.83. The molecule has 0 radical (unpaired) electrons. The molecule has 0 spiro atoms. The molecule has 1 aliphatic rings. The zero-order valence-corrected chi connectivity index (χ0v) is 14.8. The van der Waals surface area contributed by atoms with Gasteiger partial charge in [0.05, 0.1) is 23.3 Å². The minimum Gasteiger partial charge on any atom is -0.340 e. The first-order valence-corrected chi connectivity index (χ1v) is 9.05. The van der Waals surface area contributed by atoms with Crippen molar-refractivity contribution in [2.45, 2.75) is 32.5 Å². The minimum absolute atomic E-state index is 0.526. The van der Waals surface area contributed by atoms with E-state index in [4.69, 9.17) is 9.51 Å². The summed E-state index contributed by atoms with van der Waals surface area (Å²) in [5.74, 6) is 1.39. The Bertz CT molecular complexity index is 796. The molecule has 24 heavy (non-hydrogen) atoms. The first-order chi connectivity index (χ1) is 11.7. The Kier molecular flexibility index (Phi) is 4.30. The number of para-hydroxylation sites is 1. The van der Waals surface area contributed by atoms with Crippen molar-refractivity contribution in [1.29, 1.82) is 0 Å². The van der Waals surface area contributed by atoms with Crippen LogP contribution < -0.4 is 0 Å². The smallest absolute Gasteiger partial charge is 0.223 e. The molecule has 0 unspecified atom stereocenters. The van der Waals surface area contributed by atoms with Crippen LogP contribution in [0.4, 0.5) is 0 Å². The maximum Gasteiger partial charge on any atom is 0.223 e. The lowest BCUT2D eigenvalue weighted by molar-refractivity contribution is 0.216. The van der Waals surface area contributed by atoms with Crippen LogP contribution in [-0.2, 0) is 13.1 Å². The highest BCUT2D eigenvalue weighted by Gasteiger charge is 2.27. The number of hydrogen-bond donors (Lipinski definition) is 0. The summed E-state index contributed by atoms with van der Waals surface area (Å²) in [6.07, 6.45) is 1.16. The number of aromatic nitrogens is 3. The summed E-state index contributed by atoms with van der Waals surface area (Å²) >= 11 is 1.80. The molecule has 1 fully saturated rings. The first-order valence-electron chi connectivity index (χ1n) is 8.23. The number of thiazole rings is 1. The van der Waals surface area contributed by atoms with Gasteiger partial charge in [-0.15, -0.1) is 11.3 Å². The number of rotatable bonds is 5. The Morgan fingerprint density at radius 1 is 1.33 bits per heavy atom. The number of fused-ring (bicyclic) bond motifs is 1. The second-order valence-corrected chi connectivity index (χ2v) is 7.51. The van der Waals surface area contributed by atoms with Crippen molar-refractivity contribution in [3.63, 3.8) is 0 Å². The zero-order chi connectivity index (χ0) is 16.5. The summed E-state index contributed by atoms with van der Waals surface area (Å²) < 4.78 is 6.32. The maximum atomic E-state index is 5.05. The lowest BCUT2D eigenvalue weighted by atomic mass is 10.2. The molecule has 2 aromatic heterocycles. The van der Waals surface area contributed by atoms with Crippen LogP contribution in [0, 0.1) is 6.92 Å². The minimum atomic E-state index is 0.526. The van der Waals surface area contributed by atoms with Crippen LogP contribution in [0.5, 0.6) is 0 Å². The molecule has 126 valence electrons. The van der Waals surface area contributed by atoms with E-state index in [0.717, 1.165) is 43.9 Å². The largest absolute Gasteiger partial charge is 0.340 e. The van der Waals surface area contributed by atoms with E-state index in [1.807, 2.05) is 13.0 Å². The average molecular weight is 343 g/mol. The fraction of sp³-hybridized carbons (Fsp3) is 0.471. The molecule has 0 bridgehead atoms. The molecule has 3 aromatic rings. The summed E-state index contributed by atoms with van der Waals surface area (Å²) in [5, 5.41) is 5.19. The number of likely N-dealkylation sites (tertiary alicyclic amines) is 1. The van der Waals surface area contributed by atoms with Gasteiger partial charge in [0.25, 0.3) is 0 Å². The molecule has 1 aliphatic heterocycles. The van der Waals surface area contributed by atoms with Gasteiger partial charge in [0, 0.05) is 26.1 Å². The molecular weight excluding hydrogens is 322 g/mol. The van der Waals surface area contributed by atoms with E-state index in [-0.39, 0.29) is 0 Å². The number of benzene rings is 1. The third kappa shape index (κ3) is 3.33. The molecule has 0 saturated carbocycles. The summed E-state index contributed by atoms with van der Waals surface area (Å²) in [7, 11) is 2.14. The van der Waals surface area contributed by atoms with Gasteiger partial charge in [-0.3, -0.25) is 9.80 Å². The SMILES string of the molecule is Cc1nc(CN(C)[C@@H]2CCN(Cc3nc4ccccc4s3)C2)no1. The fourth-order valence-corrected chi connectivity index (χ4v) is 4.26. The second-order valence-electron chi connectivity index (χ2n) is 6.40. The molecule has 0 amide bonds. The second kappa shape index (κ2) is 6.58. The Labute approximate surface area is 145 Å². The van der Waals surface area contributed by atoms with E-state index >= 15 is 0 Å².